The van der Waals surface area contributed by atoms with E-state index in [-0.39, 0.29) is 0 Å². The average Bonchev–Trinajstić information content (AvgIpc) is 2.08. The number of aryl methyl sites for hydroxylation is 2. The van der Waals surface area contributed by atoms with Gasteiger partial charge < -0.3 is 0 Å². The fourth-order valence-corrected chi connectivity index (χ4v) is 1.56. The van der Waals surface area contributed by atoms with Gasteiger partial charge in [0.25, 0.3) is 0 Å². The second kappa shape index (κ2) is 3.78. The first-order valence-corrected chi connectivity index (χ1v) is 4.63. The van der Waals surface area contributed by atoms with Gasteiger partial charge in [0.15, 0.2) is 5.03 Å². The van der Waals surface area contributed by atoms with Crippen LogP contribution in [0.15, 0.2) is 17.2 Å². The van der Waals surface area contributed by atoms with Crippen LogP contribution in [0.4, 0.5) is 0 Å². The standard InChI is InChI=1S/C8H11NO2S/c1-6-4-5-7(2)9-8(6)12(10)11-3/h4-5H,1-3H3. The van der Waals surface area contributed by atoms with E-state index in [1.165, 1.54) is 7.11 Å². The highest BCUT2D eigenvalue weighted by Gasteiger charge is 2.07. The number of pyridine rings is 1. The summed E-state index contributed by atoms with van der Waals surface area (Å²) in [6.45, 7) is 3.72. The van der Waals surface area contributed by atoms with Crippen LogP contribution in [0.1, 0.15) is 11.3 Å². The Morgan fingerprint density at radius 1 is 1.42 bits per heavy atom. The van der Waals surface area contributed by atoms with Crippen LogP contribution < -0.4 is 0 Å². The van der Waals surface area contributed by atoms with Crippen molar-refractivity contribution in [3.05, 3.63) is 23.4 Å². The molecule has 1 rings (SSSR count). The molecular weight excluding hydrogens is 174 g/mol. The quantitative estimate of drug-likeness (QED) is 0.698. The Hall–Kier alpha value is -0.740. The fourth-order valence-electron chi connectivity index (χ4n) is 0.850. The van der Waals surface area contributed by atoms with Crippen LogP contribution in [-0.2, 0) is 15.3 Å². The van der Waals surface area contributed by atoms with Gasteiger partial charge in [-0.2, -0.15) is 0 Å². The lowest BCUT2D eigenvalue weighted by Gasteiger charge is -2.02. The van der Waals surface area contributed by atoms with E-state index in [1.54, 1.807) is 0 Å². The molecule has 66 valence electrons. The van der Waals surface area contributed by atoms with Gasteiger partial charge in [0, 0.05) is 5.69 Å². The molecule has 3 nitrogen and oxygen atoms in total. The molecule has 1 heterocycles. The Morgan fingerprint density at radius 2 is 2.08 bits per heavy atom. The van der Waals surface area contributed by atoms with E-state index in [0.29, 0.717) is 5.03 Å². The molecule has 0 bridgehead atoms. The number of aromatic nitrogens is 1. The normalized spacial score (nSPS) is 12.9. The van der Waals surface area contributed by atoms with E-state index in [4.69, 9.17) is 0 Å². The van der Waals surface area contributed by atoms with Crippen molar-refractivity contribution in [2.45, 2.75) is 18.9 Å². The van der Waals surface area contributed by atoms with E-state index >= 15 is 0 Å². The van der Waals surface area contributed by atoms with Crippen molar-refractivity contribution in [1.29, 1.82) is 0 Å². The summed E-state index contributed by atoms with van der Waals surface area (Å²) in [6, 6.07) is 3.76. The molecule has 4 heteroatoms. The largest absolute Gasteiger partial charge is 0.289 e. The van der Waals surface area contributed by atoms with Gasteiger partial charge in [-0.15, -0.1) is 0 Å². The van der Waals surface area contributed by atoms with E-state index in [1.807, 2.05) is 26.0 Å². The Labute approximate surface area is 74.4 Å². The van der Waals surface area contributed by atoms with Crippen molar-refractivity contribution in [1.82, 2.24) is 4.98 Å². The summed E-state index contributed by atoms with van der Waals surface area (Å²) < 4.78 is 15.9. The fraction of sp³-hybridized carbons (Fsp3) is 0.375. The monoisotopic (exact) mass is 185 g/mol. The molecule has 0 N–H and O–H groups in total. The molecule has 0 aromatic carbocycles. The minimum atomic E-state index is -1.42. The molecule has 0 fully saturated rings. The third-order valence-electron chi connectivity index (χ3n) is 1.50. The summed E-state index contributed by atoms with van der Waals surface area (Å²) >= 11 is -1.42. The maximum absolute atomic E-state index is 11.2. The SMILES string of the molecule is COS(=O)c1nc(C)ccc1C. The summed E-state index contributed by atoms with van der Waals surface area (Å²) in [5, 5.41) is 0.512. The van der Waals surface area contributed by atoms with Gasteiger partial charge in [0.2, 0.25) is 11.1 Å². The highest BCUT2D eigenvalue weighted by Crippen LogP contribution is 2.10. The van der Waals surface area contributed by atoms with Gasteiger partial charge in [-0.3, -0.25) is 4.18 Å². The summed E-state index contributed by atoms with van der Waals surface area (Å²) in [4.78, 5) is 4.12. The van der Waals surface area contributed by atoms with Crippen LogP contribution in [-0.4, -0.2) is 16.3 Å². The van der Waals surface area contributed by atoms with Gasteiger partial charge in [-0.1, -0.05) is 6.07 Å². The number of hydrogen-bond acceptors (Lipinski definition) is 3. The predicted molar refractivity (Wildman–Crippen MR) is 47.1 cm³/mol. The Bertz CT molecular complexity index is 312. The van der Waals surface area contributed by atoms with Gasteiger partial charge in [0.05, 0.1) is 7.11 Å². The zero-order chi connectivity index (χ0) is 9.14. The highest BCUT2D eigenvalue weighted by molar-refractivity contribution is 7.80. The second-order valence-electron chi connectivity index (χ2n) is 2.48. The highest BCUT2D eigenvalue weighted by atomic mass is 32.2. The van der Waals surface area contributed by atoms with E-state index in [0.717, 1.165) is 11.3 Å². The van der Waals surface area contributed by atoms with Gasteiger partial charge in [0.1, 0.15) is 0 Å². The topological polar surface area (TPSA) is 39.2 Å². The molecule has 1 aromatic rings. The van der Waals surface area contributed by atoms with Crippen molar-refractivity contribution in [2.75, 3.05) is 7.11 Å². The summed E-state index contributed by atoms with van der Waals surface area (Å²) in [7, 11) is 1.40. The third-order valence-corrected chi connectivity index (χ3v) is 2.53. The van der Waals surface area contributed by atoms with Gasteiger partial charge in [-0.05, 0) is 25.5 Å². The lowest BCUT2D eigenvalue weighted by Crippen LogP contribution is -2.00. The van der Waals surface area contributed by atoms with Crippen LogP contribution in [0.5, 0.6) is 0 Å². The Kier molecular flexibility index (Phi) is 2.94. The van der Waals surface area contributed by atoms with Crippen molar-refractivity contribution < 1.29 is 8.39 Å². The van der Waals surface area contributed by atoms with Crippen molar-refractivity contribution in [2.24, 2.45) is 0 Å². The first-order chi connectivity index (χ1) is 5.65. The summed E-state index contributed by atoms with van der Waals surface area (Å²) in [6.07, 6.45) is 0. The molecule has 0 amide bonds. The summed E-state index contributed by atoms with van der Waals surface area (Å²) in [5.41, 5.74) is 1.74. The number of rotatable bonds is 2. The van der Waals surface area contributed by atoms with Crippen LogP contribution >= 0.6 is 0 Å². The average molecular weight is 185 g/mol. The lowest BCUT2D eigenvalue weighted by molar-refractivity contribution is 0.443. The Morgan fingerprint density at radius 3 is 2.67 bits per heavy atom. The molecular formula is C8H11NO2S. The minimum absolute atomic E-state index is 0.512. The second-order valence-corrected chi connectivity index (χ2v) is 3.67. The number of hydrogen-bond donors (Lipinski definition) is 0. The zero-order valence-corrected chi connectivity index (χ0v) is 8.14. The van der Waals surface area contributed by atoms with Crippen molar-refractivity contribution in [3.63, 3.8) is 0 Å². The third kappa shape index (κ3) is 1.89. The van der Waals surface area contributed by atoms with Crippen LogP contribution in [0.3, 0.4) is 0 Å². The first kappa shape index (κ1) is 9.35. The first-order valence-electron chi connectivity index (χ1n) is 3.55. The minimum Gasteiger partial charge on any atom is -0.289 e. The molecule has 0 aliphatic rings. The Balaban J connectivity index is 3.13. The van der Waals surface area contributed by atoms with E-state index in [9.17, 15) is 4.21 Å². The maximum Gasteiger partial charge on any atom is 0.208 e. The summed E-state index contributed by atoms with van der Waals surface area (Å²) in [5.74, 6) is 0. The number of nitrogens with zero attached hydrogens (tertiary/aromatic N) is 1. The predicted octanol–water partition coefficient (Wildman–Crippen LogP) is 1.37. The molecule has 0 spiro atoms. The molecule has 0 saturated carbocycles. The molecule has 0 aliphatic heterocycles. The molecule has 0 aliphatic carbocycles. The van der Waals surface area contributed by atoms with E-state index in [2.05, 4.69) is 9.17 Å². The van der Waals surface area contributed by atoms with Crippen molar-refractivity contribution >= 4 is 11.1 Å². The van der Waals surface area contributed by atoms with Gasteiger partial charge >= 0.3 is 0 Å². The zero-order valence-electron chi connectivity index (χ0n) is 7.33. The molecule has 0 radical (unpaired) electrons. The molecule has 1 unspecified atom stereocenters. The maximum atomic E-state index is 11.2. The van der Waals surface area contributed by atoms with Crippen LogP contribution in [0.25, 0.3) is 0 Å². The van der Waals surface area contributed by atoms with Crippen molar-refractivity contribution in [3.8, 4) is 0 Å². The molecule has 1 atom stereocenters. The van der Waals surface area contributed by atoms with Crippen LogP contribution in [0, 0.1) is 13.8 Å². The van der Waals surface area contributed by atoms with Crippen LogP contribution in [0.2, 0.25) is 0 Å². The smallest absolute Gasteiger partial charge is 0.208 e. The van der Waals surface area contributed by atoms with E-state index < -0.39 is 11.1 Å². The molecule has 1 aromatic heterocycles. The van der Waals surface area contributed by atoms with Gasteiger partial charge in [-0.25, -0.2) is 9.19 Å². The molecule has 12 heavy (non-hydrogen) atoms. The molecule has 0 saturated heterocycles. The lowest BCUT2D eigenvalue weighted by atomic mass is 10.3.